The van der Waals surface area contributed by atoms with E-state index in [4.69, 9.17) is 10.5 Å². The van der Waals surface area contributed by atoms with E-state index in [-0.39, 0.29) is 31.0 Å². The number of nitrogens with two attached hydrogens (primary N) is 1. The van der Waals surface area contributed by atoms with Crippen LogP contribution in [0.1, 0.15) is 13.8 Å². The van der Waals surface area contributed by atoms with Gasteiger partial charge in [0.25, 0.3) is 0 Å². The monoisotopic (exact) mass is 264 g/mol. The van der Waals surface area contributed by atoms with Crippen molar-refractivity contribution in [3.63, 3.8) is 0 Å². The zero-order chi connectivity index (χ0) is 14.0. The summed E-state index contributed by atoms with van der Waals surface area (Å²) < 4.78 is 5.48. The minimum atomic E-state index is -0.346. The van der Waals surface area contributed by atoms with Crippen LogP contribution in [0, 0.1) is 0 Å². The van der Waals surface area contributed by atoms with Crippen molar-refractivity contribution >= 4 is 23.3 Å². The predicted octanol–water partition coefficient (Wildman–Crippen LogP) is -0.0862. The number of pyridine rings is 1. The molecule has 1 fully saturated rings. The molecule has 7 heteroatoms. The molecule has 1 aliphatic heterocycles. The zero-order valence-electron chi connectivity index (χ0n) is 10.8. The Bertz CT molecular complexity index is 500. The summed E-state index contributed by atoms with van der Waals surface area (Å²) in [5.41, 5.74) is 6.19. The van der Waals surface area contributed by atoms with Crippen molar-refractivity contribution in [2.75, 3.05) is 23.7 Å². The van der Waals surface area contributed by atoms with Gasteiger partial charge >= 0.3 is 0 Å². The average Bonchev–Trinajstić information content (AvgIpc) is 2.30. The van der Waals surface area contributed by atoms with Crippen LogP contribution in [-0.4, -0.2) is 36.0 Å². The first-order valence-corrected chi connectivity index (χ1v) is 5.96. The number of anilines is 2. The van der Waals surface area contributed by atoms with Crippen molar-refractivity contribution in [3.8, 4) is 5.88 Å². The fourth-order valence-corrected chi connectivity index (χ4v) is 1.73. The van der Waals surface area contributed by atoms with Crippen LogP contribution in [0.2, 0.25) is 0 Å². The van der Waals surface area contributed by atoms with Gasteiger partial charge < -0.3 is 15.4 Å². The molecule has 2 rings (SSSR count). The maximum Gasteiger partial charge on any atom is 0.246 e. The molecule has 0 radical (unpaired) electrons. The number of ether oxygens (including phenoxy) is 1. The third kappa shape index (κ3) is 3.12. The lowest BCUT2D eigenvalue weighted by atomic mass is 10.3. The smallest absolute Gasteiger partial charge is 0.246 e. The normalized spacial score (nSPS) is 15.6. The molecular weight excluding hydrogens is 248 g/mol. The Labute approximate surface area is 110 Å². The third-order valence-corrected chi connectivity index (χ3v) is 2.49. The van der Waals surface area contributed by atoms with Crippen molar-refractivity contribution in [2.24, 2.45) is 0 Å². The lowest BCUT2D eigenvalue weighted by Gasteiger charge is -2.26. The Morgan fingerprint density at radius 1 is 1.32 bits per heavy atom. The zero-order valence-corrected chi connectivity index (χ0v) is 10.8. The van der Waals surface area contributed by atoms with Crippen molar-refractivity contribution in [1.29, 1.82) is 0 Å². The van der Waals surface area contributed by atoms with E-state index in [1.165, 1.54) is 0 Å². The van der Waals surface area contributed by atoms with Crippen molar-refractivity contribution in [3.05, 3.63) is 12.1 Å². The summed E-state index contributed by atoms with van der Waals surface area (Å²) >= 11 is 0. The lowest BCUT2D eigenvalue weighted by Crippen LogP contribution is -2.51. The third-order valence-electron chi connectivity index (χ3n) is 2.49. The van der Waals surface area contributed by atoms with Gasteiger partial charge in [0, 0.05) is 0 Å². The van der Waals surface area contributed by atoms with Gasteiger partial charge in [0.15, 0.2) is 0 Å². The number of amides is 2. The summed E-state index contributed by atoms with van der Waals surface area (Å²) in [6.45, 7) is 3.91. The highest BCUT2D eigenvalue weighted by atomic mass is 16.5. The summed E-state index contributed by atoms with van der Waals surface area (Å²) in [6, 6.07) is 3.31. The van der Waals surface area contributed by atoms with E-state index in [9.17, 15) is 9.59 Å². The van der Waals surface area contributed by atoms with Gasteiger partial charge in [-0.15, -0.1) is 0 Å². The minimum Gasteiger partial charge on any atom is -0.473 e. The number of nitrogens with one attached hydrogen (secondary N) is 1. The van der Waals surface area contributed by atoms with Crippen LogP contribution in [0.25, 0.3) is 0 Å². The topological polar surface area (TPSA) is 97.5 Å². The molecule has 0 bridgehead atoms. The highest BCUT2D eigenvalue weighted by Gasteiger charge is 2.24. The average molecular weight is 264 g/mol. The number of carbonyl (C=O) groups is 2. The quantitative estimate of drug-likeness (QED) is 0.741. The Kier molecular flexibility index (Phi) is 3.55. The molecule has 19 heavy (non-hydrogen) atoms. The first-order chi connectivity index (χ1) is 8.95. The van der Waals surface area contributed by atoms with Gasteiger partial charge in [-0.05, 0) is 26.0 Å². The summed E-state index contributed by atoms with van der Waals surface area (Å²) in [5.74, 6) is 0.112. The Balaban J connectivity index is 2.24. The van der Waals surface area contributed by atoms with E-state index in [0.717, 1.165) is 0 Å². The molecule has 0 saturated carbocycles. The van der Waals surface area contributed by atoms with Crippen LogP contribution in [0.15, 0.2) is 12.1 Å². The van der Waals surface area contributed by atoms with Gasteiger partial charge in [-0.3, -0.25) is 14.9 Å². The molecule has 7 nitrogen and oxygen atoms in total. The van der Waals surface area contributed by atoms with E-state index >= 15 is 0 Å². The van der Waals surface area contributed by atoms with Crippen molar-refractivity contribution < 1.29 is 14.3 Å². The molecule has 1 aliphatic rings. The molecule has 0 aromatic carbocycles. The summed E-state index contributed by atoms with van der Waals surface area (Å²) in [5, 5.41) is 2.23. The fourth-order valence-electron chi connectivity index (χ4n) is 1.73. The highest BCUT2D eigenvalue weighted by Crippen LogP contribution is 2.24. The first kappa shape index (κ1) is 13.1. The van der Waals surface area contributed by atoms with E-state index in [2.05, 4.69) is 10.3 Å². The molecule has 1 aromatic heterocycles. The number of aromatic nitrogens is 1. The maximum atomic E-state index is 11.3. The molecule has 0 spiro atoms. The van der Waals surface area contributed by atoms with Gasteiger partial charge in [0.2, 0.25) is 17.7 Å². The predicted molar refractivity (Wildman–Crippen MR) is 69.8 cm³/mol. The van der Waals surface area contributed by atoms with E-state index in [1.54, 1.807) is 17.0 Å². The Morgan fingerprint density at radius 3 is 2.53 bits per heavy atom. The van der Waals surface area contributed by atoms with Crippen LogP contribution in [-0.2, 0) is 9.59 Å². The van der Waals surface area contributed by atoms with Crippen LogP contribution < -0.4 is 20.7 Å². The molecular formula is C12H16N4O3. The number of nitrogens with zero attached hydrogens (tertiary/aromatic N) is 2. The van der Waals surface area contributed by atoms with Gasteiger partial charge in [-0.25, -0.2) is 0 Å². The summed E-state index contributed by atoms with van der Waals surface area (Å²) in [7, 11) is 0. The molecule has 102 valence electrons. The Morgan fingerprint density at radius 2 is 1.95 bits per heavy atom. The van der Waals surface area contributed by atoms with Crippen LogP contribution >= 0.6 is 0 Å². The van der Waals surface area contributed by atoms with Crippen LogP contribution in [0.3, 0.4) is 0 Å². The second-order valence-corrected chi connectivity index (χ2v) is 4.56. The Hall–Kier alpha value is -2.31. The summed E-state index contributed by atoms with van der Waals surface area (Å²) in [6.07, 6.45) is -0.0589. The molecule has 2 heterocycles. The molecule has 0 atom stereocenters. The molecule has 1 saturated heterocycles. The van der Waals surface area contributed by atoms with Crippen LogP contribution in [0.5, 0.6) is 5.88 Å². The number of nitrogen functional groups attached to an aromatic ring is 1. The van der Waals surface area contributed by atoms with Gasteiger partial charge in [0.1, 0.15) is 5.82 Å². The number of carbonyl (C=O) groups excluding carboxylic acids is 2. The standard InChI is InChI=1S/C12H16N4O3/c1-7(2)19-12-8(13)3-4-9(14-12)16-5-10(17)15-11(18)6-16/h3-4,7H,5-6,13H2,1-2H3,(H,15,17,18). The maximum absolute atomic E-state index is 11.3. The number of rotatable bonds is 3. The SMILES string of the molecule is CC(C)Oc1nc(N2CC(=O)NC(=O)C2)ccc1N. The largest absolute Gasteiger partial charge is 0.473 e. The van der Waals surface area contributed by atoms with Gasteiger partial charge in [-0.1, -0.05) is 0 Å². The number of piperazine rings is 1. The fraction of sp³-hybridized carbons (Fsp3) is 0.417. The van der Waals surface area contributed by atoms with E-state index < -0.39 is 0 Å². The lowest BCUT2D eigenvalue weighted by molar-refractivity contribution is -0.130. The van der Waals surface area contributed by atoms with Crippen molar-refractivity contribution in [1.82, 2.24) is 10.3 Å². The molecule has 0 unspecified atom stereocenters. The van der Waals surface area contributed by atoms with E-state index in [1.807, 2.05) is 13.8 Å². The van der Waals surface area contributed by atoms with E-state index in [0.29, 0.717) is 17.4 Å². The molecule has 1 aromatic rings. The number of hydrogen-bond acceptors (Lipinski definition) is 6. The minimum absolute atomic E-state index is 0.0589. The molecule has 3 N–H and O–H groups in total. The molecule has 0 aliphatic carbocycles. The second kappa shape index (κ2) is 5.13. The van der Waals surface area contributed by atoms with Gasteiger partial charge in [0.05, 0.1) is 24.9 Å². The second-order valence-electron chi connectivity index (χ2n) is 4.56. The van der Waals surface area contributed by atoms with Crippen LogP contribution in [0.4, 0.5) is 11.5 Å². The molecule has 2 amide bonds. The van der Waals surface area contributed by atoms with Crippen molar-refractivity contribution in [2.45, 2.75) is 20.0 Å². The summed E-state index contributed by atoms with van der Waals surface area (Å²) in [4.78, 5) is 28.5. The number of imide groups is 1. The van der Waals surface area contributed by atoms with Gasteiger partial charge in [-0.2, -0.15) is 4.98 Å². The first-order valence-electron chi connectivity index (χ1n) is 5.96. The number of hydrogen-bond donors (Lipinski definition) is 2. The highest BCUT2D eigenvalue weighted by molar-refractivity contribution is 6.02.